The molecule has 0 aliphatic carbocycles. The molecule has 0 spiro atoms. The third-order valence-electron chi connectivity index (χ3n) is 1.51. The number of benzene rings is 1. The third-order valence-corrected chi connectivity index (χ3v) is 1.80. The van der Waals surface area contributed by atoms with Gasteiger partial charge < -0.3 is 15.6 Å². The zero-order chi connectivity index (χ0) is 12.0. The number of methoxy groups -OCH3 is 1. The SMILES string of the molecule is CC.COC(=O)c1cc(N)c(O)c(Cl)c1. The molecule has 0 unspecified atom stereocenters. The van der Waals surface area contributed by atoms with E-state index in [1.54, 1.807) is 0 Å². The zero-order valence-electron chi connectivity index (χ0n) is 8.87. The molecular formula is C10H14ClNO3. The van der Waals surface area contributed by atoms with E-state index in [0.29, 0.717) is 0 Å². The molecule has 15 heavy (non-hydrogen) atoms. The van der Waals surface area contributed by atoms with Crippen LogP contribution in [0.25, 0.3) is 0 Å². The number of phenolic OH excluding ortho intramolecular Hbond substituents is 1. The van der Waals surface area contributed by atoms with Crippen molar-refractivity contribution in [3.8, 4) is 5.75 Å². The van der Waals surface area contributed by atoms with Crippen LogP contribution in [0.5, 0.6) is 5.75 Å². The van der Waals surface area contributed by atoms with Gasteiger partial charge in [-0.2, -0.15) is 0 Å². The third kappa shape index (κ3) is 3.32. The van der Waals surface area contributed by atoms with E-state index in [2.05, 4.69) is 4.74 Å². The van der Waals surface area contributed by atoms with Gasteiger partial charge in [-0.05, 0) is 12.1 Å². The highest BCUT2D eigenvalue weighted by atomic mass is 35.5. The van der Waals surface area contributed by atoms with Gasteiger partial charge in [-0.15, -0.1) is 0 Å². The minimum Gasteiger partial charge on any atom is -0.504 e. The van der Waals surface area contributed by atoms with Crippen molar-refractivity contribution < 1.29 is 14.6 Å². The summed E-state index contributed by atoms with van der Waals surface area (Å²) >= 11 is 5.58. The minimum absolute atomic E-state index is 0.0281. The van der Waals surface area contributed by atoms with E-state index in [1.807, 2.05) is 13.8 Å². The highest BCUT2D eigenvalue weighted by Gasteiger charge is 2.11. The molecule has 3 N–H and O–H groups in total. The van der Waals surface area contributed by atoms with E-state index in [-0.39, 0.29) is 22.0 Å². The van der Waals surface area contributed by atoms with Crippen LogP contribution in [-0.4, -0.2) is 18.2 Å². The molecular weight excluding hydrogens is 218 g/mol. The minimum atomic E-state index is -0.548. The Morgan fingerprint density at radius 1 is 1.47 bits per heavy atom. The van der Waals surface area contributed by atoms with Crippen molar-refractivity contribution in [2.75, 3.05) is 12.8 Å². The van der Waals surface area contributed by atoms with Crippen LogP contribution in [0.1, 0.15) is 24.2 Å². The van der Waals surface area contributed by atoms with Gasteiger partial charge in [0.1, 0.15) is 0 Å². The summed E-state index contributed by atoms with van der Waals surface area (Å²) in [4.78, 5) is 11.0. The lowest BCUT2D eigenvalue weighted by Crippen LogP contribution is -2.02. The number of anilines is 1. The number of carbonyl (C=O) groups excluding carboxylic acids is 1. The van der Waals surface area contributed by atoms with Crippen molar-refractivity contribution in [3.05, 3.63) is 22.7 Å². The largest absolute Gasteiger partial charge is 0.504 e. The molecule has 4 nitrogen and oxygen atoms in total. The number of carbonyl (C=O) groups is 1. The summed E-state index contributed by atoms with van der Waals surface area (Å²) in [7, 11) is 1.25. The molecule has 0 heterocycles. The van der Waals surface area contributed by atoms with Crippen LogP contribution < -0.4 is 5.73 Å². The summed E-state index contributed by atoms with van der Waals surface area (Å²) < 4.78 is 4.45. The highest BCUT2D eigenvalue weighted by molar-refractivity contribution is 6.32. The summed E-state index contributed by atoms with van der Waals surface area (Å²) in [5, 5.41) is 9.20. The first-order valence-electron chi connectivity index (χ1n) is 4.42. The van der Waals surface area contributed by atoms with Gasteiger partial charge in [-0.25, -0.2) is 4.79 Å². The van der Waals surface area contributed by atoms with E-state index >= 15 is 0 Å². The Labute approximate surface area is 93.6 Å². The zero-order valence-corrected chi connectivity index (χ0v) is 9.63. The molecule has 0 aliphatic rings. The van der Waals surface area contributed by atoms with Crippen LogP contribution in [0.15, 0.2) is 12.1 Å². The van der Waals surface area contributed by atoms with Crippen molar-refractivity contribution in [2.45, 2.75) is 13.8 Å². The molecule has 5 heteroatoms. The normalized spacial score (nSPS) is 8.80. The van der Waals surface area contributed by atoms with Gasteiger partial charge >= 0.3 is 5.97 Å². The van der Waals surface area contributed by atoms with Crippen molar-refractivity contribution in [2.24, 2.45) is 0 Å². The van der Waals surface area contributed by atoms with Gasteiger partial charge in [0, 0.05) is 0 Å². The predicted octanol–water partition coefficient (Wildman–Crippen LogP) is 2.44. The van der Waals surface area contributed by atoms with Gasteiger partial charge in [-0.1, -0.05) is 25.4 Å². The lowest BCUT2D eigenvalue weighted by atomic mass is 10.2. The molecule has 0 radical (unpaired) electrons. The summed E-state index contributed by atoms with van der Waals surface area (Å²) in [6.07, 6.45) is 0. The number of hydrogen-bond donors (Lipinski definition) is 2. The number of phenols is 1. The first-order chi connectivity index (χ1) is 7.06. The van der Waals surface area contributed by atoms with Gasteiger partial charge in [0.05, 0.1) is 23.4 Å². The van der Waals surface area contributed by atoms with E-state index in [4.69, 9.17) is 17.3 Å². The lowest BCUT2D eigenvalue weighted by molar-refractivity contribution is 0.0601. The number of ether oxygens (including phenoxy) is 1. The average Bonchev–Trinajstić information content (AvgIpc) is 2.26. The van der Waals surface area contributed by atoms with Gasteiger partial charge in [0.15, 0.2) is 5.75 Å². The average molecular weight is 232 g/mol. The lowest BCUT2D eigenvalue weighted by Gasteiger charge is -2.04. The van der Waals surface area contributed by atoms with Gasteiger partial charge in [0.2, 0.25) is 0 Å². The first-order valence-corrected chi connectivity index (χ1v) is 4.80. The topological polar surface area (TPSA) is 72.5 Å². The second-order valence-corrected chi connectivity index (χ2v) is 2.79. The Hall–Kier alpha value is -1.42. The maximum absolute atomic E-state index is 11.0. The Balaban J connectivity index is 0.000000921. The summed E-state index contributed by atoms with van der Waals surface area (Å²) in [6, 6.07) is 2.59. The molecule has 0 aliphatic heterocycles. The maximum Gasteiger partial charge on any atom is 0.337 e. The van der Waals surface area contributed by atoms with E-state index in [0.717, 1.165) is 0 Å². The van der Waals surface area contributed by atoms with Crippen LogP contribution in [0.4, 0.5) is 5.69 Å². The monoisotopic (exact) mass is 231 g/mol. The second-order valence-electron chi connectivity index (χ2n) is 2.39. The first kappa shape index (κ1) is 13.6. The molecule has 0 amide bonds. The highest BCUT2D eigenvalue weighted by Crippen LogP contribution is 2.30. The Kier molecular flexibility index (Phi) is 5.56. The van der Waals surface area contributed by atoms with Crippen LogP contribution in [0, 0.1) is 0 Å². The summed E-state index contributed by atoms with van der Waals surface area (Å²) in [5.74, 6) is -0.775. The molecule has 0 saturated heterocycles. The summed E-state index contributed by atoms with van der Waals surface area (Å²) in [5.41, 5.74) is 5.63. The summed E-state index contributed by atoms with van der Waals surface area (Å²) in [6.45, 7) is 4.00. The van der Waals surface area contributed by atoms with Crippen LogP contribution in [0.2, 0.25) is 5.02 Å². The number of rotatable bonds is 1. The van der Waals surface area contributed by atoms with E-state index in [1.165, 1.54) is 19.2 Å². The molecule has 0 aromatic heterocycles. The van der Waals surface area contributed by atoms with Crippen molar-refractivity contribution in [3.63, 3.8) is 0 Å². The fourth-order valence-electron chi connectivity index (χ4n) is 0.856. The maximum atomic E-state index is 11.0. The number of nitrogen functional groups attached to an aromatic ring is 1. The molecule has 0 saturated carbocycles. The molecule has 0 bridgehead atoms. The molecule has 1 aromatic rings. The van der Waals surface area contributed by atoms with E-state index in [9.17, 15) is 9.90 Å². The molecule has 1 rings (SSSR count). The van der Waals surface area contributed by atoms with Crippen LogP contribution >= 0.6 is 11.6 Å². The molecule has 84 valence electrons. The van der Waals surface area contributed by atoms with Gasteiger partial charge in [-0.3, -0.25) is 0 Å². The molecule has 0 atom stereocenters. The Morgan fingerprint density at radius 3 is 2.40 bits per heavy atom. The standard InChI is InChI=1S/C8H8ClNO3.C2H6/c1-13-8(12)4-2-5(9)7(11)6(10)3-4;1-2/h2-3,11H,10H2,1H3;1-2H3. The molecule has 0 fully saturated rings. The quantitative estimate of drug-likeness (QED) is 0.442. The van der Waals surface area contributed by atoms with Crippen LogP contribution in [0.3, 0.4) is 0 Å². The fourth-order valence-corrected chi connectivity index (χ4v) is 1.08. The van der Waals surface area contributed by atoms with Gasteiger partial charge in [0.25, 0.3) is 0 Å². The molecule has 1 aromatic carbocycles. The van der Waals surface area contributed by atoms with Crippen molar-refractivity contribution in [1.29, 1.82) is 0 Å². The second kappa shape index (κ2) is 6.14. The Morgan fingerprint density at radius 2 is 2.00 bits per heavy atom. The number of esters is 1. The van der Waals surface area contributed by atoms with Crippen molar-refractivity contribution >= 4 is 23.3 Å². The number of hydrogen-bond acceptors (Lipinski definition) is 4. The van der Waals surface area contributed by atoms with Crippen molar-refractivity contribution in [1.82, 2.24) is 0 Å². The predicted molar refractivity (Wildman–Crippen MR) is 60.2 cm³/mol. The number of aromatic hydroxyl groups is 1. The fraction of sp³-hybridized carbons (Fsp3) is 0.300. The smallest absolute Gasteiger partial charge is 0.337 e. The van der Waals surface area contributed by atoms with E-state index < -0.39 is 5.97 Å². The Bertz CT molecular complexity index is 330. The van der Waals surface area contributed by atoms with Crippen LogP contribution in [-0.2, 0) is 4.74 Å². The number of halogens is 1. The number of nitrogens with two attached hydrogens (primary N) is 1.